The number of terminal acetylenes is 1. The van der Waals surface area contributed by atoms with Crippen molar-refractivity contribution >= 4 is 0 Å². The van der Waals surface area contributed by atoms with Crippen molar-refractivity contribution in [3.63, 3.8) is 0 Å². The largest absolute Gasteiger partial charge is 0.365 e. The fraction of sp³-hybridized carbons (Fsp3) is 0.556. The van der Waals surface area contributed by atoms with E-state index < -0.39 is 0 Å². The molecule has 1 nitrogen and oxygen atoms in total. The van der Waals surface area contributed by atoms with Crippen molar-refractivity contribution in [1.29, 1.82) is 0 Å². The molecule has 0 rings (SSSR count). The molecule has 0 bridgehead atoms. The van der Waals surface area contributed by atoms with E-state index in [-0.39, 0.29) is 0 Å². The maximum absolute atomic E-state index is 5.20. The van der Waals surface area contributed by atoms with Crippen LogP contribution in [0.2, 0.25) is 0 Å². The Labute approximate surface area is 119 Å². The van der Waals surface area contributed by atoms with E-state index in [1.165, 1.54) is 24.0 Å². The molecular formula is C18H28O. The van der Waals surface area contributed by atoms with Crippen LogP contribution in [-0.4, -0.2) is 13.2 Å². The Bertz CT molecular complexity index is 348. The van der Waals surface area contributed by atoms with Gasteiger partial charge in [-0.3, -0.25) is 0 Å². The van der Waals surface area contributed by atoms with E-state index in [9.17, 15) is 0 Å². The molecule has 0 saturated heterocycles. The van der Waals surface area contributed by atoms with Crippen LogP contribution in [0.4, 0.5) is 0 Å². The van der Waals surface area contributed by atoms with Gasteiger partial charge < -0.3 is 4.74 Å². The van der Waals surface area contributed by atoms with E-state index in [0.717, 1.165) is 12.3 Å². The Hall–Kier alpha value is -1.26. The van der Waals surface area contributed by atoms with Crippen LogP contribution >= 0.6 is 0 Å². The lowest BCUT2D eigenvalue weighted by molar-refractivity contribution is 0.199. The molecule has 0 aromatic carbocycles. The van der Waals surface area contributed by atoms with Crippen molar-refractivity contribution in [2.45, 2.75) is 47.0 Å². The Kier molecular flexibility index (Phi) is 11.0. The zero-order valence-corrected chi connectivity index (χ0v) is 12.9. The normalized spacial score (nSPS) is 13.3. The first-order chi connectivity index (χ1) is 9.06. The van der Waals surface area contributed by atoms with Gasteiger partial charge >= 0.3 is 0 Å². The molecule has 1 unspecified atom stereocenters. The summed E-state index contributed by atoms with van der Waals surface area (Å²) in [4.78, 5) is 0. The smallest absolute Gasteiger partial charge is 0.107 e. The van der Waals surface area contributed by atoms with Crippen LogP contribution in [0, 0.1) is 18.3 Å². The van der Waals surface area contributed by atoms with Crippen molar-refractivity contribution < 1.29 is 4.74 Å². The van der Waals surface area contributed by atoms with Gasteiger partial charge in [0.2, 0.25) is 0 Å². The standard InChI is InChI=1S/C18H28O/c1-6-14-19-15-13-18(5)12-8-11-17(4)10-7-9-16(2)3/h1,8-9,12-13,17H,7,10-11,14-15H2,2-5H3/b12-8+,18-13+. The Morgan fingerprint density at radius 3 is 2.63 bits per heavy atom. The summed E-state index contributed by atoms with van der Waals surface area (Å²) in [6.45, 7) is 9.68. The van der Waals surface area contributed by atoms with Crippen molar-refractivity contribution in [2.24, 2.45) is 5.92 Å². The molecule has 0 aliphatic carbocycles. The molecule has 0 N–H and O–H groups in total. The van der Waals surface area contributed by atoms with Gasteiger partial charge in [0.05, 0.1) is 6.61 Å². The minimum atomic E-state index is 0.384. The average Bonchev–Trinajstić information content (AvgIpc) is 2.34. The highest BCUT2D eigenvalue weighted by molar-refractivity contribution is 5.15. The van der Waals surface area contributed by atoms with Gasteiger partial charge in [-0.1, -0.05) is 48.3 Å². The number of rotatable bonds is 9. The van der Waals surface area contributed by atoms with Crippen LogP contribution < -0.4 is 0 Å². The molecule has 0 aromatic rings. The van der Waals surface area contributed by atoms with Gasteiger partial charge in [0, 0.05) is 0 Å². The average molecular weight is 260 g/mol. The first kappa shape index (κ1) is 17.7. The zero-order valence-electron chi connectivity index (χ0n) is 12.9. The molecule has 0 radical (unpaired) electrons. The second-order valence-electron chi connectivity index (χ2n) is 5.27. The number of hydrogen-bond donors (Lipinski definition) is 0. The highest BCUT2D eigenvalue weighted by Crippen LogP contribution is 2.13. The van der Waals surface area contributed by atoms with E-state index in [1.807, 2.05) is 0 Å². The molecule has 106 valence electrons. The van der Waals surface area contributed by atoms with Gasteiger partial charge in [0.15, 0.2) is 0 Å². The molecule has 0 saturated carbocycles. The third-order valence-corrected chi connectivity index (χ3v) is 2.84. The van der Waals surface area contributed by atoms with E-state index in [4.69, 9.17) is 11.2 Å². The Morgan fingerprint density at radius 2 is 2.00 bits per heavy atom. The van der Waals surface area contributed by atoms with E-state index in [0.29, 0.717) is 13.2 Å². The van der Waals surface area contributed by atoms with Crippen LogP contribution in [0.1, 0.15) is 47.0 Å². The van der Waals surface area contributed by atoms with Gasteiger partial charge in [0.25, 0.3) is 0 Å². The SMILES string of the molecule is C#CCOC/C=C(C)/C=C/CC(C)CCC=C(C)C. The van der Waals surface area contributed by atoms with E-state index in [2.05, 4.69) is 57.9 Å². The minimum Gasteiger partial charge on any atom is -0.365 e. The summed E-state index contributed by atoms with van der Waals surface area (Å²) >= 11 is 0. The van der Waals surface area contributed by atoms with E-state index >= 15 is 0 Å². The number of ether oxygens (including phenoxy) is 1. The summed E-state index contributed by atoms with van der Waals surface area (Å²) in [7, 11) is 0. The quantitative estimate of drug-likeness (QED) is 0.248. The summed E-state index contributed by atoms with van der Waals surface area (Å²) in [5.41, 5.74) is 2.64. The highest BCUT2D eigenvalue weighted by atomic mass is 16.5. The fourth-order valence-corrected chi connectivity index (χ4v) is 1.64. The maximum atomic E-state index is 5.20. The number of allylic oxidation sites excluding steroid dienone is 5. The molecule has 1 heteroatoms. The van der Waals surface area contributed by atoms with Gasteiger partial charge in [-0.05, 0) is 46.0 Å². The summed E-state index contributed by atoms with van der Waals surface area (Å²) in [6.07, 6.45) is 17.5. The predicted molar refractivity (Wildman–Crippen MR) is 85.0 cm³/mol. The topological polar surface area (TPSA) is 9.23 Å². The second-order valence-corrected chi connectivity index (χ2v) is 5.27. The van der Waals surface area contributed by atoms with Crippen LogP contribution in [0.3, 0.4) is 0 Å². The molecule has 0 aliphatic rings. The first-order valence-electron chi connectivity index (χ1n) is 7.04. The molecule has 0 amide bonds. The fourth-order valence-electron chi connectivity index (χ4n) is 1.64. The van der Waals surface area contributed by atoms with Gasteiger partial charge in [-0.25, -0.2) is 0 Å². The van der Waals surface area contributed by atoms with Crippen LogP contribution in [-0.2, 0) is 4.74 Å². The summed E-state index contributed by atoms with van der Waals surface area (Å²) < 4.78 is 5.20. The van der Waals surface area contributed by atoms with Crippen LogP contribution in [0.15, 0.2) is 35.5 Å². The van der Waals surface area contributed by atoms with Crippen molar-refractivity contribution in [1.82, 2.24) is 0 Å². The molecule has 0 aliphatic heterocycles. The summed E-state index contributed by atoms with van der Waals surface area (Å²) in [5.74, 6) is 3.19. The van der Waals surface area contributed by atoms with Gasteiger partial charge in [-0.15, -0.1) is 6.42 Å². The lowest BCUT2D eigenvalue weighted by atomic mass is 10.0. The van der Waals surface area contributed by atoms with Crippen molar-refractivity contribution in [3.05, 3.63) is 35.5 Å². The summed E-state index contributed by atoms with van der Waals surface area (Å²) in [6, 6.07) is 0. The monoisotopic (exact) mass is 260 g/mol. The molecule has 0 spiro atoms. The maximum Gasteiger partial charge on any atom is 0.107 e. The zero-order chi connectivity index (χ0) is 14.5. The third-order valence-electron chi connectivity index (χ3n) is 2.84. The number of hydrogen-bond acceptors (Lipinski definition) is 1. The van der Waals surface area contributed by atoms with E-state index in [1.54, 1.807) is 0 Å². The predicted octanol–water partition coefficient (Wildman–Crippen LogP) is 4.91. The second kappa shape index (κ2) is 11.8. The first-order valence-corrected chi connectivity index (χ1v) is 7.04. The van der Waals surface area contributed by atoms with Crippen LogP contribution in [0.5, 0.6) is 0 Å². The molecule has 0 heterocycles. The van der Waals surface area contributed by atoms with Gasteiger partial charge in [0.1, 0.15) is 6.61 Å². The Balaban J connectivity index is 3.81. The molecule has 19 heavy (non-hydrogen) atoms. The summed E-state index contributed by atoms with van der Waals surface area (Å²) in [5, 5.41) is 0. The molecular weight excluding hydrogens is 232 g/mol. The molecule has 0 aromatic heterocycles. The third kappa shape index (κ3) is 13.0. The molecule has 0 fully saturated rings. The van der Waals surface area contributed by atoms with Crippen molar-refractivity contribution in [2.75, 3.05) is 13.2 Å². The lowest BCUT2D eigenvalue weighted by Gasteiger charge is -2.06. The van der Waals surface area contributed by atoms with Crippen LogP contribution in [0.25, 0.3) is 0 Å². The Morgan fingerprint density at radius 1 is 1.26 bits per heavy atom. The van der Waals surface area contributed by atoms with Crippen molar-refractivity contribution in [3.8, 4) is 12.3 Å². The highest BCUT2D eigenvalue weighted by Gasteiger charge is 1.97. The minimum absolute atomic E-state index is 0.384. The lowest BCUT2D eigenvalue weighted by Crippen LogP contribution is -1.92. The molecule has 1 atom stereocenters. The van der Waals surface area contributed by atoms with Gasteiger partial charge in [-0.2, -0.15) is 0 Å².